The quantitative estimate of drug-likeness (QED) is 0.697. The summed E-state index contributed by atoms with van der Waals surface area (Å²) in [7, 11) is 1.57. The first kappa shape index (κ1) is 18.5. The molecule has 132 valence electrons. The van der Waals surface area contributed by atoms with Crippen LogP contribution in [0.15, 0.2) is 48.5 Å². The number of anilines is 2. The van der Waals surface area contributed by atoms with E-state index in [9.17, 15) is 9.59 Å². The highest BCUT2D eigenvalue weighted by Gasteiger charge is 2.13. The third-order valence-corrected chi connectivity index (χ3v) is 3.78. The van der Waals surface area contributed by atoms with Gasteiger partial charge in [-0.3, -0.25) is 9.59 Å². The Bertz CT molecular complexity index is 728. The maximum Gasteiger partial charge on any atom is 0.257 e. The average molecular weight is 340 g/mol. The van der Waals surface area contributed by atoms with Crippen molar-refractivity contribution in [3.8, 4) is 5.75 Å². The van der Waals surface area contributed by atoms with Gasteiger partial charge in [0, 0.05) is 18.2 Å². The van der Waals surface area contributed by atoms with Gasteiger partial charge >= 0.3 is 0 Å². The Kier molecular flexibility index (Phi) is 7.01. The Morgan fingerprint density at radius 3 is 2.56 bits per heavy atom. The Labute approximate surface area is 148 Å². The second kappa shape index (κ2) is 9.47. The first-order chi connectivity index (χ1) is 12.1. The Hall–Kier alpha value is -2.82. The summed E-state index contributed by atoms with van der Waals surface area (Å²) in [6.07, 6.45) is 3.39. The van der Waals surface area contributed by atoms with E-state index in [2.05, 4.69) is 17.6 Å². The van der Waals surface area contributed by atoms with E-state index in [4.69, 9.17) is 4.74 Å². The smallest absolute Gasteiger partial charge is 0.257 e. The van der Waals surface area contributed by atoms with Crippen molar-refractivity contribution in [3.05, 3.63) is 54.1 Å². The number of amides is 2. The molecule has 0 spiro atoms. The summed E-state index contributed by atoms with van der Waals surface area (Å²) in [5, 5.41) is 5.66. The van der Waals surface area contributed by atoms with Crippen molar-refractivity contribution < 1.29 is 14.3 Å². The number of benzene rings is 2. The molecule has 2 N–H and O–H groups in total. The molecule has 0 atom stereocenters. The molecule has 0 saturated carbocycles. The summed E-state index contributed by atoms with van der Waals surface area (Å²) in [6.45, 7) is 2.09. The predicted molar refractivity (Wildman–Crippen MR) is 100 cm³/mol. The molecule has 25 heavy (non-hydrogen) atoms. The molecule has 0 fully saturated rings. The van der Waals surface area contributed by atoms with Crippen molar-refractivity contribution in [1.82, 2.24) is 0 Å². The third-order valence-electron chi connectivity index (χ3n) is 3.78. The van der Waals surface area contributed by atoms with Crippen molar-refractivity contribution in [3.63, 3.8) is 0 Å². The van der Waals surface area contributed by atoms with Gasteiger partial charge < -0.3 is 15.4 Å². The highest BCUT2D eigenvalue weighted by atomic mass is 16.5. The van der Waals surface area contributed by atoms with Crippen LogP contribution < -0.4 is 15.4 Å². The predicted octanol–water partition coefficient (Wildman–Crippen LogP) is 4.47. The van der Waals surface area contributed by atoms with Crippen LogP contribution in [-0.2, 0) is 4.79 Å². The lowest BCUT2D eigenvalue weighted by Gasteiger charge is -2.12. The molecule has 0 heterocycles. The van der Waals surface area contributed by atoms with Gasteiger partial charge in [0.2, 0.25) is 5.91 Å². The molecule has 0 aliphatic heterocycles. The van der Waals surface area contributed by atoms with Gasteiger partial charge in [-0.15, -0.1) is 0 Å². The minimum Gasteiger partial charge on any atom is -0.497 e. The molecule has 5 heteroatoms. The molecule has 0 unspecified atom stereocenters. The number of para-hydroxylation sites is 1. The van der Waals surface area contributed by atoms with E-state index in [-0.39, 0.29) is 11.8 Å². The highest BCUT2D eigenvalue weighted by molar-refractivity contribution is 6.10. The lowest BCUT2D eigenvalue weighted by atomic mass is 10.1. The van der Waals surface area contributed by atoms with Gasteiger partial charge in [0.15, 0.2) is 0 Å². The number of methoxy groups -OCH3 is 1. The topological polar surface area (TPSA) is 67.4 Å². The number of nitrogens with one attached hydrogen (secondary N) is 2. The van der Waals surface area contributed by atoms with Crippen LogP contribution in [0.4, 0.5) is 11.4 Å². The van der Waals surface area contributed by atoms with Crippen LogP contribution in [0.5, 0.6) is 5.75 Å². The molecular weight excluding hydrogens is 316 g/mol. The van der Waals surface area contributed by atoms with E-state index in [1.54, 1.807) is 55.6 Å². The van der Waals surface area contributed by atoms with E-state index < -0.39 is 0 Å². The Morgan fingerprint density at radius 2 is 1.80 bits per heavy atom. The average Bonchev–Trinajstić information content (AvgIpc) is 2.62. The molecule has 0 saturated heterocycles. The van der Waals surface area contributed by atoms with Crippen LogP contribution in [0.3, 0.4) is 0 Å². The lowest BCUT2D eigenvalue weighted by molar-refractivity contribution is -0.116. The number of carbonyl (C=O) groups is 2. The van der Waals surface area contributed by atoms with E-state index in [1.807, 2.05) is 0 Å². The standard InChI is InChI=1S/C20H24N2O3/c1-3-4-5-13-19(23)22-18-12-7-6-11-17(18)20(24)21-15-9-8-10-16(14-15)25-2/h6-12,14H,3-5,13H2,1-2H3,(H,21,24)(H,22,23). The van der Waals surface area contributed by atoms with Crippen LogP contribution in [0, 0.1) is 0 Å². The number of hydrogen-bond acceptors (Lipinski definition) is 3. The van der Waals surface area contributed by atoms with Gasteiger partial charge in [-0.2, -0.15) is 0 Å². The number of unbranched alkanes of at least 4 members (excludes halogenated alkanes) is 2. The number of hydrogen-bond donors (Lipinski definition) is 2. The molecule has 0 radical (unpaired) electrons. The Morgan fingerprint density at radius 1 is 1.00 bits per heavy atom. The zero-order valence-corrected chi connectivity index (χ0v) is 14.7. The first-order valence-electron chi connectivity index (χ1n) is 8.48. The fraction of sp³-hybridized carbons (Fsp3) is 0.300. The summed E-state index contributed by atoms with van der Waals surface area (Å²) in [5.74, 6) is 0.308. The molecule has 2 aromatic rings. The molecule has 0 aliphatic carbocycles. The fourth-order valence-corrected chi connectivity index (χ4v) is 2.44. The van der Waals surface area contributed by atoms with Crippen LogP contribution in [0.1, 0.15) is 43.0 Å². The zero-order chi connectivity index (χ0) is 18.1. The molecule has 5 nitrogen and oxygen atoms in total. The molecule has 0 aromatic heterocycles. The van der Waals surface area contributed by atoms with Crippen LogP contribution in [-0.4, -0.2) is 18.9 Å². The summed E-state index contributed by atoms with van der Waals surface area (Å²) in [6, 6.07) is 14.1. The minimum absolute atomic E-state index is 0.0740. The van der Waals surface area contributed by atoms with Crippen molar-refractivity contribution in [2.24, 2.45) is 0 Å². The van der Waals surface area contributed by atoms with E-state index in [0.29, 0.717) is 29.1 Å². The van der Waals surface area contributed by atoms with Crippen molar-refractivity contribution in [2.75, 3.05) is 17.7 Å². The third kappa shape index (κ3) is 5.64. The van der Waals surface area contributed by atoms with Gasteiger partial charge in [0.1, 0.15) is 5.75 Å². The van der Waals surface area contributed by atoms with Crippen molar-refractivity contribution in [1.29, 1.82) is 0 Å². The maximum absolute atomic E-state index is 12.6. The highest BCUT2D eigenvalue weighted by Crippen LogP contribution is 2.20. The normalized spacial score (nSPS) is 10.2. The number of ether oxygens (including phenoxy) is 1. The van der Waals surface area contributed by atoms with Crippen LogP contribution >= 0.6 is 0 Å². The SMILES string of the molecule is CCCCCC(=O)Nc1ccccc1C(=O)Nc1cccc(OC)c1. The number of rotatable bonds is 8. The first-order valence-corrected chi connectivity index (χ1v) is 8.48. The Balaban J connectivity index is 2.08. The summed E-state index contributed by atoms with van der Waals surface area (Å²) >= 11 is 0. The van der Waals surface area contributed by atoms with Gasteiger partial charge in [0.25, 0.3) is 5.91 Å². The second-order valence-electron chi connectivity index (χ2n) is 5.74. The summed E-state index contributed by atoms with van der Waals surface area (Å²) in [4.78, 5) is 24.6. The molecular formula is C20H24N2O3. The van der Waals surface area contributed by atoms with Crippen molar-refractivity contribution >= 4 is 23.2 Å². The van der Waals surface area contributed by atoms with E-state index >= 15 is 0 Å². The lowest BCUT2D eigenvalue weighted by Crippen LogP contribution is -2.18. The minimum atomic E-state index is -0.280. The monoisotopic (exact) mass is 340 g/mol. The van der Waals surface area contributed by atoms with Gasteiger partial charge in [-0.1, -0.05) is 38.0 Å². The second-order valence-corrected chi connectivity index (χ2v) is 5.74. The van der Waals surface area contributed by atoms with Gasteiger partial charge in [-0.25, -0.2) is 0 Å². The van der Waals surface area contributed by atoms with E-state index in [0.717, 1.165) is 19.3 Å². The fourth-order valence-electron chi connectivity index (χ4n) is 2.44. The maximum atomic E-state index is 12.6. The molecule has 0 bridgehead atoms. The van der Waals surface area contributed by atoms with Crippen molar-refractivity contribution in [2.45, 2.75) is 32.6 Å². The molecule has 2 amide bonds. The summed E-state index contributed by atoms with van der Waals surface area (Å²) < 4.78 is 5.16. The van der Waals surface area contributed by atoms with Gasteiger partial charge in [-0.05, 0) is 30.7 Å². The largest absolute Gasteiger partial charge is 0.497 e. The zero-order valence-electron chi connectivity index (χ0n) is 14.7. The van der Waals surface area contributed by atoms with Gasteiger partial charge in [0.05, 0.1) is 18.4 Å². The van der Waals surface area contributed by atoms with Crippen LogP contribution in [0.25, 0.3) is 0 Å². The molecule has 2 aromatic carbocycles. The molecule has 0 aliphatic rings. The van der Waals surface area contributed by atoms with E-state index in [1.165, 1.54) is 0 Å². The summed E-state index contributed by atoms with van der Waals surface area (Å²) in [5.41, 5.74) is 1.58. The number of carbonyl (C=O) groups excluding carboxylic acids is 2. The molecule has 2 rings (SSSR count). The van der Waals surface area contributed by atoms with Crippen LogP contribution in [0.2, 0.25) is 0 Å².